The first kappa shape index (κ1) is 23.0. The summed E-state index contributed by atoms with van der Waals surface area (Å²) in [6.45, 7) is 6.31. The lowest BCUT2D eigenvalue weighted by molar-refractivity contribution is 0.0568. The number of fused-ring (bicyclic) bond motifs is 3. The van der Waals surface area contributed by atoms with Crippen molar-refractivity contribution in [1.82, 2.24) is 4.90 Å². The Labute approximate surface area is 195 Å². The molecule has 0 atom stereocenters. The van der Waals surface area contributed by atoms with Gasteiger partial charge in [-0.3, -0.25) is 4.79 Å². The van der Waals surface area contributed by atoms with Crippen LogP contribution in [-0.4, -0.2) is 37.2 Å². The van der Waals surface area contributed by atoms with Crippen molar-refractivity contribution < 1.29 is 18.7 Å². The number of carbonyl (C=O) groups is 1. The second kappa shape index (κ2) is 10.6. The minimum atomic E-state index is -0.512. The lowest BCUT2D eigenvalue weighted by Gasteiger charge is -2.24. The average Bonchev–Trinajstić information content (AvgIpc) is 2.81. The normalized spacial score (nSPS) is 14.8. The molecular weight excluding hydrogens is 417 g/mol. The van der Waals surface area contributed by atoms with E-state index in [0.29, 0.717) is 38.8 Å². The van der Waals surface area contributed by atoms with E-state index >= 15 is 0 Å². The molecule has 0 saturated heterocycles. The highest BCUT2D eigenvalue weighted by atomic mass is 19.1. The van der Waals surface area contributed by atoms with E-state index in [1.54, 1.807) is 17.0 Å². The molecular formula is C28H30FNO3. The summed E-state index contributed by atoms with van der Waals surface area (Å²) >= 11 is 0. The van der Waals surface area contributed by atoms with Crippen LogP contribution < -0.4 is 4.74 Å². The summed E-state index contributed by atoms with van der Waals surface area (Å²) in [5.41, 5.74) is 4.62. The first-order chi connectivity index (χ1) is 16.0. The number of nitrogens with zero attached hydrogens (tertiary/aromatic N) is 1. The number of carbonyl (C=O) groups excluding carboxylic acids is 1. The highest BCUT2D eigenvalue weighted by molar-refractivity contribution is 5.94. The van der Waals surface area contributed by atoms with Gasteiger partial charge in [-0.15, -0.1) is 0 Å². The Hall–Kier alpha value is -3.18. The van der Waals surface area contributed by atoms with Crippen LogP contribution in [-0.2, 0) is 17.7 Å². The molecule has 5 heteroatoms. The third-order valence-corrected chi connectivity index (χ3v) is 5.89. The minimum absolute atomic E-state index is 0.0771. The maximum absolute atomic E-state index is 14.3. The second-order valence-corrected chi connectivity index (χ2v) is 8.69. The molecule has 1 amide bonds. The molecule has 0 N–H and O–H groups in total. The Bertz CT molecular complexity index is 1110. The Morgan fingerprint density at radius 2 is 1.76 bits per heavy atom. The third-order valence-electron chi connectivity index (χ3n) is 5.89. The summed E-state index contributed by atoms with van der Waals surface area (Å²) in [4.78, 5) is 14.8. The number of amides is 1. The summed E-state index contributed by atoms with van der Waals surface area (Å²) < 4.78 is 26.1. The van der Waals surface area contributed by atoms with Gasteiger partial charge in [0.05, 0.1) is 18.8 Å². The lowest BCUT2D eigenvalue weighted by Crippen LogP contribution is -2.34. The van der Waals surface area contributed by atoms with E-state index in [9.17, 15) is 9.18 Å². The SMILES string of the molecule is CC(C)c1ccc2c(c1)Cc1cccc(c1)CN(C(=O)c1ccccc1F)CCOCCO2. The monoisotopic (exact) mass is 447 g/mol. The Balaban J connectivity index is 1.64. The standard InChI is InChI=1S/C28H30FNO3/c1-20(2)23-10-11-27-24(18-23)17-21-6-5-7-22(16-21)19-30(12-13-32-14-15-33-27)28(31)25-8-3-4-9-26(25)29/h3-11,16,18,20H,12-15,17,19H2,1-2H3. The van der Waals surface area contributed by atoms with Gasteiger partial charge in [0.1, 0.15) is 18.2 Å². The molecule has 1 aliphatic heterocycles. The fourth-order valence-electron chi connectivity index (χ4n) is 4.06. The van der Waals surface area contributed by atoms with E-state index in [2.05, 4.69) is 44.2 Å². The van der Waals surface area contributed by atoms with Crippen LogP contribution in [0.25, 0.3) is 0 Å². The van der Waals surface area contributed by atoms with E-state index in [4.69, 9.17) is 9.47 Å². The van der Waals surface area contributed by atoms with Crippen LogP contribution in [0.5, 0.6) is 5.75 Å². The summed E-state index contributed by atoms with van der Waals surface area (Å²) in [5, 5.41) is 0. The number of benzene rings is 3. The molecule has 1 aliphatic rings. The van der Waals surface area contributed by atoms with Crippen molar-refractivity contribution in [2.45, 2.75) is 32.7 Å². The molecule has 0 radical (unpaired) electrons. The van der Waals surface area contributed by atoms with Crippen LogP contribution in [0.1, 0.15) is 52.4 Å². The molecule has 0 saturated carbocycles. The zero-order chi connectivity index (χ0) is 23.2. The van der Waals surface area contributed by atoms with E-state index in [1.165, 1.54) is 17.7 Å². The van der Waals surface area contributed by atoms with Gasteiger partial charge in [-0.05, 0) is 46.4 Å². The number of ether oxygens (including phenoxy) is 2. The van der Waals surface area contributed by atoms with Crippen molar-refractivity contribution in [2.24, 2.45) is 0 Å². The van der Waals surface area contributed by atoms with Crippen LogP contribution in [0.2, 0.25) is 0 Å². The molecule has 4 rings (SSSR count). The molecule has 33 heavy (non-hydrogen) atoms. The average molecular weight is 448 g/mol. The molecule has 0 aromatic heterocycles. The van der Waals surface area contributed by atoms with Crippen molar-refractivity contribution >= 4 is 5.91 Å². The van der Waals surface area contributed by atoms with Crippen LogP contribution in [0.15, 0.2) is 66.7 Å². The van der Waals surface area contributed by atoms with E-state index in [-0.39, 0.29) is 11.5 Å². The smallest absolute Gasteiger partial charge is 0.257 e. The van der Waals surface area contributed by atoms with Gasteiger partial charge in [-0.25, -0.2) is 4.39 Å². The number of hydrogen-bond donors (Lipinski definition) is 0. The molecule has 4 nitrogen and oxygen atoms in total. The van der Waals surface area contributed by atoms with Gasteiger partial charge in [0, 0.05) is 19.5 Å². The molecule has 0 fully saturated rings. The predicted molar refractivity (Wildman–Crippen MR) is 127 cm³/mol. The van der Waals surface area contributed by atoms with Crippen molar-refractivity contribution in [1.29, 1.82) is 0 Å². The van der Waals surface area contributed by atoms with Gasteiger partial charge in [-0.1, -0.05) is 62.4 Å². The van der Waals surface area contributed by atoms with Crippen LogP contribution in [0.4, 0.5) is 4.39 Å². The van der Waals surface area contributed by atoms with Gasteiger partial charge in [0.25, 0.3) is 5.91 Å². The highest BCUT2D eigenvalue weighted by Crippen LogP contribution is 2.27. The molecule has 1 heterocycles. The van der Waals surface area contributed by atoms with Crippen LogP contribution in [0.3, 0.4) is 0 Å². The summed E-state index contributed by atoms with van der Waals surface area (Å²) in [5.74, 6) is 0.456. The van der Waals surface area contributed by atoms with E-state index in [1.807, 2.05) is 12.1 Å². The maximum atomic E-state index is 14.3. The van der Waals surface area contributed by atoms with Crippen LogP contribution >= 0.6 is 0 Å². The molecule has 172 valence electrons. The summed E-state index contributed by atoms with van der Waals surface area (Å²) in [6, 6.07) is 20.7. The fraction of sp³-hybridized carbons (Fsp3) is 0.321. The Kier molecular flexibility index (Phi) is 7.40. The number of halogens is 1. The van der Waals surface area contributed by atoms with Gasteiger partial charge >= 0.3 is 0 Å². The Morgan fingerprint density at radius 3 is 2.58 bits per heavy atom. The molecule has 0 aliphatic carbocycles. The van der Waals surface area contributed by atoms with E-state index < -0.39 is 5.82 Å². The largest absolute Gasteiger partial charge is 0.491 e. The number of rotatable bonds is 2. The van der Waals surface area contributed by atoms with Gasteiger partial charge in [0.2, 0.25) is 0 Å². The molecule has 3 aromatic carbocycles. The topological polar surface area (TPSA) is 38.8 Å². The van der Waals surface area contributed by atoms with Gasteiger partial charge in [-0.2, -0.15) is 0 Å². The third kappa shape index (κ3) is 5.79. The fourth-order valence-corrected chi connectivity index (χ4v) is 4.06. The quantitative estimate of drug-likeness (QED) is 0.514. The highest BCUT2D eigenvalue weighted by Gasteiger charge is 2.20. The van der Waals surface area contributed by atoms with Crippen molar-refractivity contribution in [2.75, 3.05) is 26.4 Å². The number of hydrogen-bond acceptors (Lipinski definition) is 3. The van der Waals surface area contributed by atoms with Crippen molar-refractivity contribution in [3.05, 3.63) is 100 Å². The zero-order valence-corrected chi connectivity index (χ0v) is 19.2. The van der Waals surface area contributed by atoms with Crippen molar-refractivity contribution in [3.8, 4) is 5.75 Å². The first-order valence-electron chi connectivity index (χ1n) is 11.5. The molecule has 0 spiro atoms. The zero-order valence-electron chi connectivity index (χ0n) is 19.2. The Morgan fingerprint density at radius 1 is 0.939 bits per heavy atom. The first-order valence-corrected chi connectivity index (χ1v) is 11.5. The summed E-state index contributed by atoms with van der Waals surface area (Å²) in [6.07, 6.45) is 0.728. The predicted octanol–water partition coefficient (Wildman–Crippen LogP) is 5.59. The van der Waals surface area contributed by atoms with Crippen molar-refractivity contribution in [3.63, 3.8) is 0 Å². The van der Waals surface area contributed by atoms with Crippen LogP contribution in [0, 0.1) is 5.82 Å². The minimum Gasteiger partial charge on any atom is -0.491 e. The summed E-state index contributed by atoms with van der Waals surface area (Å²) in [7, 11) is 0. The molecule has 3 aromatic rings. The van der Waals surface area contributed by atoms with Gasteiger partial charge < -0.3 is 14.4 Å². The molecule has 0 unspecified atom stereocenters. The lowest BCUT2D eigenvalue weighted by atomic mass is 9.96. The maximum Gasteiger partial charge on any atom is 0.257 e. The second-order valence-electron chi connectivity index (χ2n) is 8.69. The van der Waals surface area contributed by atoms with E-state index in [0.717, 1.165) is 28.9 Å². The van der Waals surface area contributed by atoms with Gasteiger partial charge in [0.15, 0.2) is 0 Å². The molecule has 2 bridgehead atoms.